The smallest absolute Gasteiger partial charge is 0.247 e. The number of piperazine rings is 1. The van der Waals surface area contributed by atoms with Gasteiger partial charge in [-0.15, -0.1) is 0 Å². The van der Waals surface area contributed by atoms with Crippen LogP contribution in [0.4, 0.5) is 0 Å². The third-order valence-corrected chi connectivity index (χ3v) is 6.43. The first-order chi connectivity index (χ1) is 14.4. The Morgan fingerprint density at radius 1 is 1.19 bits per heavy atom. The lowest BCUT2D eigenvalue weighted by atomic mass is 9.96. The van der Waals surface area contributed by atoms with Crippen LogP contribution in [0.2, 0.25) is 0 Å². The lowest BCUT2D eigenvalue weighted by molar-refractivity contribution is -0.150. The van der Waals surface area contributed by atoms with Crippen molar-refractivity contribution in [2.24, 2.45) is 0 Å². The molecule has 0 saturated carbocycles. The van der Waals surface area contributed by atoms with E-state index in [1.807, 2.05) is 0 Å². The number of carbonyl (C=O) groups excluding carboxylic acids is 3. The van der Waals surface area contributed by atoms with Gasteiger partial charge in [0.2, 0.25) is 27.7 Å². The van der Waals surface area contributed by atoms with Crippen molar-refractivity contribution in [3.8, 4) is 11.5 Å². The lowest BCUT2D eigenvalue weighted by Gasteiger charge is -2.44. The number of sulfonamides is 1. The predicted octanol–water partition coefficient (Wildman–Crippen LogP) is -1.07. The van der Waals surface area contributed by atoms with Crippen LogP contribution in [-0.2, 0) is 31.0 Å². The zero-order chi connectivity index (χ0) is 23.4. The maximum Gasteiger partial charge on any atom is 0.247 e. The molecule has 11 nitrogen and oxygen atoms in total. The molecule has 1 atom stereocenters. The van der Waals surface area contributed by atoms with Gasteiger partial charge in [0.15, 0.2) is 11.5 Å². The first kappa shape index (κ1) is 24.4. The molecule has 1 heterocycles. The molecule has 1 aliphatic rings. The summed E-state index contributed by atoms with van der Waals surface area (Å²) in [6, 6.07) is 5.26. The highest BCUT2D eigenvalue weighted by Crippen LogP contribution is 2.30. The Kier molecular flexibility index (Phi) is 7.49. The second kappa shape index (κ2) is 9.52. The zero-order valence-electron chi connectivity index (χ0n) is 18.2. The van der Waals surface area contributed by atoms with Crippen LogP contribution in [0.1, 0.15) is 12.5 Å². The molecule has 1 fully saturated rings. The molecule has 1 unspecified atom stereocenters. The van der Waals surface area contributed by atoms with E-state index in [1.54, 1.807) is 18.2 Å². The van der Waals surface area contributed by atoms with E-state index in [4.69, 9.17) is 9.47 Å². The molecule has 0 aromatic heterocycles. The molecular formula is C19H28N4O7S. The number of likely N-dealkylation sites (N-methyl/N-ethyl adjacent to an activating group) is 1. The fourth-order valence-electron chi connectivity index (χ4n) is 3.20. The van der Waals surface area contributed by atoms with Crippen LogP contribution < -0.4 is 20.1 Å². The lowest BCUT2D eigenvalue weighted by Crippen LogP contribution is -2.68. The molecule has 172 valence electrons. The van der Waals surface area contributed by atoms with Crippen molar-refractivity contribution in [2.45, 2.75) is 19.0 Å². The summed E-state index contributed by atoms with van der Waals surface area (Å²) in [7, 11) is 0.762. The van der Waals surface area contributed by atoms with E-state index in [2.05, 4.69) is 10.6 Å². The van der Waals surface area contributed by atoms with Crippen LogP contribution in [0.3, 0.4) is 0 Å². The molecule has 0 bridgehead atoms. The van der Waals surface area contributed by atoms with E-state index < -0.39 is 33.3 Å². The largest absolute Gasteiger partial charge is 0.493 e. The number of amides is 3. The Bertz CT molecular complexity index is 966. The highest BCUT2D eigenvalue weighted by molar-refractivity contribution is 7.88. The molecule has 0 aliphatic carbocycles. The monoisotopic (exact) mass is 456 g/mol. The maximum atomic E-state index is 12.8. The van der Waals surface area contributed by atoms with Gasteiger partial charge in [0, 0.05) is 25.7 Å². The van der Waals surface area contributed by atoms with Crippen molar-refractivity contribution < 1.29 is 32.3 Å². The average Bonchev–Trinajstić information content (AvgIpc) is 2.72. The number of ether oxygens (including phenoxy) is 2. The minimum absolute atomic E-state index is 0.145. The number of rotatable bonds is 8. The van der Waals surface area contributed by atoms with Crippen molar-refractivity contribution in [2.75, 3.05) is 47.2 Å². The maximum absolute atomic E-state index is 12.8. The summed E-state index contributed by atoms with van der Waals surface area (Å²) in [5, 5.41) is 5.15. The molecule has 1 aromatic carbocycles. The molecule has 0 radical (unpaired) electrons. The summed E-state index contributed by atoms with van der Waals surface area (Å²) < 4.78 is 35.2. The third-order valence-electron chi connectivity index (χ3n) is 5.24. The van der Waals surface area contributed by atoms with Gasteiger partial charge in [0.05, 0.1) is 33.6 Å². The number of nitrogens with zero attached hydrogens (tertiary/aromatic N) is 2. The first-order valence-corrected chi connectivity index (χ1v) is 11.3. The number of benzene rings is 1. The highest BCUT2D eigenvalue weighted by atomic mass is 32.2. The van der Waals surface area contributed by atoms with Gasteiger partial charge in [-0.3, -0.25) is 14.4 Å². The quantitative estimate of drug-likeness (QED) is 0.509. The van der Waals surface area contributed by atoms with Gasteiger partial charge in [-0.1, -0.05) is 12.1 Å². The first-order valence-electron chi connectivity index (χ1n) is 9.40. The fourth-order valence-corrected chi connectivity index (χ4v) is 4.03. The van der Waals surface area contributed by atoms with E-state index in [9.17, 15) is 22.8 Å². The van der Waals surface area contributed by atoms with Crippen LogP contribution >= 0.6 is 0 Å². The summed E-state index contributed by atoms with van der Waals surface area (Å²) in [6.07, 6.45) is 0.976. The van der Waals surface area contributed by atoms with Crippen molar-refractivity contribution in [1.82, 2.24) is 19.8 Å². The van der Waals surface area contributed by atoms with Crippen LogP contribution in [0.5, 0.6) is 11.5 Å². The second-order valence-corrected chi connectivity index (χ2v) is 9.35. The topological polar surface area (TPSA) is 134 Å². The summed E-state index contributed by atoms with van der Waals surface area (Å²) in [6.45, 7) is 0.717. The van der Waals surface area contributed by atoms with E-state index in [-0.39, 0.29) is 26.2 Å². The number of carbonyl (C=O) groups is 3. The average molecular weight is 457 g/mol. The van der Waals surface area contributed by atoms with E-state index >= 15 is 0 Å². The van der Waals surface area contributed by atoms with Gasteiger partial charge in [-0.25, -0.2) is 8.42 Å². The van der Waals surface area contributed by atoms with Gasteiger partial charge < -0.3 is 25.0 Å². The van der Waals surface area contributed by atoms with Gasteiger partial charge in [0.25, 0.3) is 0 Å². The Morgan fingerprint density at radius 2 is 1.87 bits per heavy atom. The van der Waals surface area contributed by atoms with Gasteiger partial charge in [0.1, 0.15) is 5.54 Å². The van der Waals surface area contributed by atoms with Crippen molar-refractivity contribution in [1.29, 1.82) is 0 Å². The normalized spacial score (nSPS) is 19.6. The molecule has 1 saturated heterocycles. The van der Waals surface area contributed by atoms with Crippen molar-refractivity contribution in [3.05, 3.63) is 23.8 Å². The van der Waals surface area contributed by atoms with Gasteiger partial charge >= 0.3 is 0 Å². The Labute approximate surface area is 181 Å². The summed E-state index contributed by atoms with van der Waals surface area (Å²) in [5.74, 6) is -0.595. The molecule has 12 heteroatoms. The van der Waals surface area contributed by atoms with Crippen LogP contribution in [0.25, 0.3) is 0 Å². The van der Waals surface area contributed by atoms with Crippen LogP contribution in [0.15, 0.2) is 18.2 Å². The van der Waals surface area contributed by atoms with Gasteiger partial charge in [-0.2, -0.15) is 4.31 Å². The molecule has 0 spiro atoms. The molecule has 2 rings (SSSR count). The standard InChI is InChI=1S/C19H28N4O7S/c1-19(12-23(31(5,27)28)11-16(25)22(19)2)18(26)21-10-15(24)20-9-13-7-6-8-14(29-3)17(13)30-4/h6-8H,9-12H2,1-5H3,(H,20,24)(H,21,26). The molecule has 1 aromatic rings. The van der Waals surface area contributed by atoms with Crippen LogP contribution in [-0.4, -0.2) is 88.0 Å². The Balaban J connectivity index is 2.00. The zero-order valence-corrected chi connectivity index (χ0v) is 19.0. The van der Waals surface area contributed by atoms with Crippen molar-refractivity contribution >= 4 is 27.7 Å². The van der Waals surface area contributed by atoms with Crippen molar-refractivity contribution in [3.63, 3.8) is 0 Å². The van der Waals surface area contributed by atoms with Crippen LogP contribution in [0, 0.1) is 0 Å². The number of methoxy groups -OCH3 is 2. The SMILES string of the molecule is COc1cccc(CNC(=O)CNC(=O)C2(C)CN(S(C)(=O)=O)CC(=O)N2C)c1OC. The predicted molar refractivity (Wildman–Crippen MR) is 112 cm³/mol. The summed E-state index contributed by atoms with van der Waals surface area (Å²) >= 11 is 0. The minimum Gasteiger partial charge on any atom is -0.493 e. The molecular weight excluding hydrogens is 428 g/mol. The molecule has 3 amide bonds. The Hall–Kier alpha value is -2.86. The van der Waals surface area contributed by atoms with E-state index in [1.165, 1.54) is 33.1 Å². The summed E-state index contributed by atoms with van der Waals surface area (Å²) in [4.78, 5) is 38.4. The molecule has 31 heavy (non-hydrogen) atoms. The molecule has 2 N–H and O–H groups in total. The second-order valence-electron chi connectivity index (χ2n) is 7.37. The van der Waals surface area contributed by atoms with E-state index in [0.717, 1.165) is 10.6 Å². The number of hydrogen-bond donors (Lipinski definition) is 2. The third kappa shape index (κ3) is 5.44. The van der Waals surface area contributed by atoms with E-state index in [0.29, 0.717) is 17.1 Å². The Morgan fingerprint density at radius 3 is 2.45 bits per heavy atom. The number of nitrogens with one attached hydrogen (secondary N) is 2. The number of hydrogen-bond acceptors (Lipinski definition) is 7. The number of para-hydroxylation sites is 1. The van der Waals surface area contributed by atoms with Gasteiger partial charge in [-0.05, 0) is 13.0 Å². The minimum atomic E-state index is -3.67. The molecule has 1 aliphatic heterocycles. The fraction of sp³-hybridized carbons (Fsp3) is 0.526. The highest BCUT2D eigenvalue weighted by Gasteiger charge is 2.47. The summed E-state index contributed by atoms with van der Waals surface area (Å²) in [5.41, 5.74) is -0.760.